The van der Waals surface area contributed by atoms with Crippen molar-refractivity contribution in [1.82, 2.24) is 4.98 Å². The highest BCUT2D eigenvalue weighted by Crippen LogP contribution is 2.22. The summed E-state index contributed by atoms with van der Waals surface area (Å²) in [6.45, 7) is -0.238. The summed E-state index contributed by atoms with van der Waals surface area (Å²) in [5, 5.41) is 20.0. The van der Waals surface area contributed by atoms with Crippen molar-refractivity contribution >= 4 is 11.8 Å². The van der Waals surface area contributed by atoms with Gasteiger partial charge >= 0.3 is 12.1 Å². The van der Waals surface area contributed by atoms with Crippen molar-refractivity contribution in [2.45, 2.75) is 18.7 Å². The molecule has 8 heteroatoms. The Morgan fingerprint density at radius 3 is 2.72 bits per heavy atom. The highest BCUT2D eigenvalue weighted by Gasteiger charge is 2.37. The quantitative estimate of drug-likeness (QED) is 0.750. The van der Waals surface area contributed by atoms with E-state index in [1.165, 1.54) is 18.3 Å². The predicted octanol–water partition coefficient (Wildman–Crippen LogP) is 1.50. The lowest BCUT2D eigenvalue weighted by Crippen LogP contribution is -2.30. The van der Waals surface area contributed by atoms with Crippen LogP contribution in [0.2, 0.25) is 0 Å². The number of rotatable bonds is 5. The lowest BCUT2D eigenvalue weighted by atomic mass is 10.2. The molecule has 0 aliphatic rings. The maximum Gasteiger partial charge on any atom is 0.414 e. The number of aromatic carboxylic acids is 1. The lowest BCUT2D eigenvalue weighted by Gasteiger charge is -2.15. The molecule has 0 radical (unpaired) electrons. The number of hydrogen-bond acceptors (Lipinski definition) is 4. The van der Waals surface area contributed by atoms with Crippen molar-refractivity contribution in [3.63, 3.8) is 0 Å². The Kier molecular flexibility index (Phi) is 4.49. The molecule has 0 aliphatic carbocycles. The number of carboxylic acid groups (broad SMARTS) is 1. The van der Waals surface area contributed by atoms with E-state index in [1.807, 2.05) is 0 Å². The van der Waals surface area contributed by atoms with Crippen LogP contribution in [0.25, 0.3) is 0 Å². The first kappa shape index (κ1) is 14.2. The molecule has 1 atom stereocenters. The monoisotopic (exact) mass is 264 g/mol. The zero-order valence-corrected chi connectivity index (χ0v) is 9.11. The standard InChI is InChI=1S/C10H11F3N2O3/c11-10(12,13)7(16)3-5-15-8-6(9(17)18)2-1-4-14-8/h1-2,4,7,16H,3,5H2,(H,14,15)(H,17,18). The lowest BCUT2D eigenvalue weighted by molar-refractivity contribution is -0.204. The van der Waals surface area contributed by atoms with Gasteiger partial charge in [-0.2, -0.15) is 13.2 Å². The minimum atomic E-state index is -4.68. The molecule has 0 fully saturated rings. The molecule has 18 heavy (non-hydrogen) atoms. The number of aliphatic hydroxyl groups is 1. The number of alkyl halides is 3. The van der Waals surface area contributed by atoms with Gasteiger partial charge in [-0.3, -0.25) is 0 Å². The summed E-state index contributed by atoms with van der Waals surface area (Å²) in [6, 6.07) is 2.68. The molecule has 0 amide bonds. The zero-order chi connectivity index (χ0) is 13.8. The molecule has 0 saturated heterocycles. The van der Waals surface area contributed by atoms with Crippen LogP contribution in [0.1, 0.15) is 16.8 Å². The van der Waals surface area contributed by atoms with Crippen molar-refractivity contribution in [3.05, 3.63) is 23.9 Å². The third-order valence-electron chi connectivity index (χ3n) is 2.13. The molecule has 1 aromatic rings. The van der Waals surface area contributed by atoms with Crippen molar-refractivity contribution < 1.29 is 28.2 Å². The number of aliphatic hydroxyl groups excluding tert-OH is 1. The Morgan fingerprint density at radius 1 is 1.50 bits per heavy atom. The molecule has 1 unspecified atom stereocenters. The van der Waals surface area contributed by atoms with E-state index >= 15 is 0 Å². The minimum absolute atomic E-state index is 0.0284. The number of carbonyl (C=O) groups is 1. The van der Waals surface area contributed by atoms with E-state index in [9.17, 15) is 18.0 Å². The van der Waals surface area contributed by atoms with Crippen LogP contribution in [0.5, 0.6) is 0 Å². The Labute approximate surface area is 100 Å². The van der Waals surface area contributed by atoms with Gasteiger partial charge in [0.25, 0.3) is 0 Å². The first-order valence-corrected chi connectivity index (χ1v) is 4.99. The Morgan fingerprint density at radius 2 is 2.17 bits per heavy atom. The third kappa shape index (κ3) is 3.88. The van der Waals surface area contributed by atoms with Crippen molar-refractivity contribution in [1.29, 1.82) is 0 Å². The van der Waals surface area contributed by atoms with E-state index in [1.54, 1.807) is 0 Å². The van der Waals surface area contributed by atoms with E-state index in [0.717, 1.165) is 0 Å². The largest absolute Gasteiger partial charge is 0.478 e. The van der Waals surface area contributed by atoms with Gasteiger partial charge in [0.05, 0.1) is 0 Å². The van der Waals surface area contributed by atoms with E-state index < -0.39 is 24.7 Å². The normalized spacial score (nSPS) is 13.1. The molecule has 0 aromatic carbocycles. The van der Waals surface area contributed by atoms with Crippen LogP contribution < -0.4 is 5.32 Å². The summed E-state index contributed by atoms with van der Waals surface area (Å²) in [6.07, 6.45) is -6.39. The van der Waals surface area contributed by atoms with E-state index in [2.05, 4.69) is 10.3 Å². The highest BCUT2D eigenvalue weighted by molar-refractivity contribution is 5.92. The van der Waals surface area contributed by atoms with Crippen LogP contribution in [-0.4, -0.2) is 40.0 Å². The molecular formula is C10H11F3N2O3. The number of halogens is 3. The van der Waals surface area contributed by atoms with Crippen LogP contribution in [0.3, 0.4) is 0 Å². The Balaban J connectivity index is 2.57. The summed E-state index contributed by atoms with van der Waals surface area (Å²) < 4.78 is 36.0. The second kappa shape index (κ2) is 5.67. The molecular weight excluding hydrogens is 253 g/mol. The number of pyridine rings is 1. The average Bonchev–Trinajstić information content (AvgIpc) is 2.28. The number of aromatic nitrogens is 1. The smallest absolute Gasteiger partial charge is 0.414 e. The molecule has 5 nitrogen and oxygen atoms in total. The maximum atomic E-state index is 12.0. The number of anilines is 1. The Hall–Kier alpha value is -1.83. The fourth-order valence-corrected chi connectivity index (χ4v) is 1.21. The first-order chi connectivity index (χ1) is 8.32. The molecule has 100 valence electrons. The van der Waals surface area contributed by atoms with Crippen LogP contribution in [-0.2, 0) is 0 Å². The molecule has 0 saturated carbocycles. The van der Waals surface area contributed by atoms with Gasteiger partial charge in [0.1, 0.15) is 11.4 Å². The van der Waals surface area contributed by atoms with Gasteiger partial charge in [-0.05, 0) is 18.6 Å². The predicted molar refractivity (Wildman–Crippen MR) is 56.4 cm³/mol. The number of nitrogens with one attached hydrogen (secondary N) is 1. The van der Waals surface area contributed by atoms with E-state index in [0.29, 0.717) is 0 Å². The Bertz CT molecular complexity index is 423. The van der Waals surface area contributed by atoms with Gasteiger partial charge in [0.2, 0.25) is 0 Å². The summed E-state index contributed by atoms with van der Waals surface area (Å²) >= 11 is 0. The fraction of sp³-hybridized carbons (Fsp3) is 0.400. The summed E-state index contributed by atoms with van der Waals surface area (Å²) in [7, 11) is 0. The van der Waals surface area contributed by atoms with Gasteiger partial charge in [0, 0.05) is 12.7 Å². The number of carboxylic acids is 1. The van der Waals surface area contributed by atoms with Gasteiger partial charge in [-0.15, -0.1) is 0 Å². The summed E-state index contributed by atoms with van der Waals surface area (Å²) in [5.41, 5.74) is -0.140. The molecule has 1 rings (SSSR count). The van der Waals surface area contributed by atoms with E-state index in [-0.39, 0.29) is 17.9 Å². The van der Waals surface area contributed by atoms with Crippen molar-refractivity contribution in [3.8, 4) is 0 Å². The van der Waals surface area contributed by atoms with Crippen molar-refractivity contribution in [2.24, 2.45) is 0 Å². The first-order valence-electron chi connectivity index (χ1n) is 4.99. The van der Waals surface area contributed by atoms with Gasteiger partial charge in [-0.1, -0.05) is 0 Å². The molecule has 1 aromatic heterocycles. The summed E-state index contributed by atoms with van der Waals surface area (Å²) in [5.74, 6) is -1.26. The maximum absolute atomic E-state index is 12.0. The molecule has 0 spiro atoms. The van der Waals surface area contributed by atoms with E-state index in [4.69, 9.17) is 10.2 Å². The van der Waals surface area contributed by atoms with Crippen LogP contribution >= 0.6 is 0 Å². The zero-order valence-electron chi connectivity index (χ0n) is 9.11. The molecule has 1 heterocycles. The third-order valence-corrected chi connectivity index (χ3v) is 2.13. The van der Waals surface area contributed by atoms with Gasteiger partial charge in [0.15, 0.2) is 6.10 Å². The minimum Gasteiger partial charge on any atom is -0.478 e. The number of hydrogen-bond donors (Lipinski definition) is 3. The fourth-order valence-electron chi connectivity index (χ4n) is 1.21. The average molecular weight is 264 g/mol. The van der Waals surface area contributed by atoms with Crippen LogP contribution in [0, 0.1) is 0 Å². The number of nitrogens with zero attached hydrogens (tertiary/aromatic N) is 1. The summed E-state index contributed by atoms with van der Waals surface area (Å²) in [4.78, 5) is 14.5. The van der Waals surface area contributed by atoms with Crippen LogP contribution in [0.4, 0.5) is 19.0 Å². The van der Waals surface area contributed by atoms with Crippen LogP contribution in [0.15, 0.2) is 18.3 Å². The van der Waals surface area contributed by atoms with Gasteiger partial charge < -0.3 is 15.5 Å². The van der Waals surface area contributed by atoms with Gasteiger partial charge in [-0.25, -0.2) is 9.78 Å². The SMILES string of the molecule is O=C(O)c1cccnc1NCCC(O)C(F)(F)F. The molecule has 0 aliphatic heterocycles. The van der Waals surface area contributed by atoms with Crippen molar-refractivity contribution in [2.75, 3.05) is 11.9 Å². The second-order valence-electron chi connectivity index (χ2n) is 3.48. The topological polar surface area (TPSA) is 82.5 Å². The second-order valence-corrected chi connectivity index (χ2v) is 3.48. The molecule has 3 N–H and O–H groups in total. The molecule has 0 bridgehead atoms. The highest BCUT2D eigenvalue weighted by atomic mass is 19.4.